The van der Waals surface area contributed by atoms with Crippen molar-refractivity contribution in [3.05, 3.63) is 0 Å². The van der Waals surface area contributed by atoms with Crippen molar-refractivity contribution in [2.75, 3.05) is 33.4 Å². The summed E-state index contributed by atoms with van der Waals surface area (Å²) in [5.74, 6) is 0.862. The monoisotopic (exact) mass is 318 g/mol. The van der Waals surface area contributed by atoms with Crippen molar-refractivity contribution in [3.8, 4) is 0 Å². The molecular weight excluding hydrogens is 288 g/mol. The van der Waals surface area contributed by atoms with Crippen molar-refractivity contribution in [2.45, 2.75) is 51.4 Å². The molecule has 0 spiro atoms. The Hall–Kier alpha value is -0.320. The van der Waals surface area contributed by atoms with Crippen molar-refractivity contribution >= 4 is 18.3 Å². The van der Waals surface area contributed by atoms with Crippen LogP contribution in [0, 0.1) is 11.3 Å². The predicted octanol–water partition coefficient (Wildman–Crippen LogP) is 2.51. The van der Waals surface area contributed by atoms with Gasteiger partial charge in [0, 0.05) is 25.5 Å². The Labute approximate surface area is 135 Å². The van der Waals surface area contributed by atoms with Crippen molar-refractivity contribution in [3.63, 3.8) is 0 Å². The molecule has 0 bridgehead atoms. The zero-order chi connectivity index (χ0) is 14.3. The van der Waals surface area contributed by atoms with Crippen LogP contribution in [0.1, 0.15) is 51.4 Å². The summed E-state index contributed by atoms with van der Waals surface area (Å²) in [6, 6.07) is 0. The van der Waals surface area contributed by atoms with Gasteiger partial charge in [0.2, 0.25) is 5.91 Å². The lowest BCUT2D eigenvalue weighted by Gasteiger charge is -2.37. The van der Waals surface area contributed by atoms with E-state index >= 15 is 0 Å². The molecule has 1 aliphatic heterocycles. The lowest BCUT2D eigenvalue weighted by Crippen LogP contribution is -2.47. The van der Waals surface area contributed by atoms with E-state index in [1.165, 1.54) is 32.1 Å². The Morgan fingerprint density at radius 3 is 2.52 bits per heavy atom. The molecule has 124 valence electrons. The first-order valence-corrected chi connectivity index (χ1v) is 8.20. The van der Waals surface area contributed by atoms with E-state index in [2.05, 4.69) is 10.6 Å². The second kappa shape index (κ2) is 9.65. The summed E-state index contributed by atoms with van der Waals surface area (Å²) in [6.07, 6.45) is 9.33. The molecule has 0 aromatic carbocycles. The van der Waals surface area contributed by atoms with Crippen LogP contribution in [-0.4, -0.2) is 39.3 Å². The number of rotatable bonds is 6. The summed E-state index contributed by atoms with van der Waals surface area (Å²) in [5, 5.41) is 6.56. The predicted molar refractivity (Wildman–Crippen MR) is 87.9 cm³/mol. The maximum absolute atomic E-state index is 12.1. The van der Waals surface area contributed by atoms with Gasteiger partial charge in [-0.3, -0.25) is 4.79 Å². The van der Waals surface area contributed by atoms with E-state index in [1.54, 1.807) is 7.11 Å². The van der Waals surface area contributed by atoms with Gasteiger partial charge in [-0.15, -0.1) is 12.4 Å². The molecule has 1 heterocycles. The van der Waals surface area contributed by atoms with Crippen LogP contribution in [-0.2, 0) is 9.53 Å². The molecule has 2 aliphatic rings. The van der Waals surface area contributed by atoms with Crippen molar-refractivity contribution in [2.24, 2.45) is 11.3 Å². The standard InChI is InChI=1S/C16H30N2O2.ClH/c1-20-13-16(7-9-17-10-8-16)12-18-15(19)11-14-5-3-2-4-6-14;/h14,17H,2-13H2,1H3,(H,18,19);1H. The number of piperidine rings is 1. The first-order chi connectivity index (χ1) is 9.74. The smallest absolute Gasteiger partial charge is 0.220 e. The summed E-state index contributed by atoms with van der Waals surface area (Å²) < 4.78 is 5.39. The van der Waals surface area contributed by atoms with Gasteiger partial charge in [0.05, 0.1) is 6.61 Å². The van der Waals surface area contributed by atoms with Crippen LogP contribution < -0.4 is 10.6 Å². The number of ether oxygens (including phenoxy) is 1. The van der Waals surface area contributed by atoms with Gasteiger partial charge in [0.25, 0.3) is 0 Å². The van der Waals surface area contributed by atoms with Gasteiger partial charge in [-0.25, -0.2) is 0 Å². The molecule has 1 aliphatic carbocycles. The van der Waals surface area contributed by atoms with Gasteiger partial charge in [-0.05, 0) is 44.7 Å². The summed E-state index contributed by atoms with van der Waals surface area (Å²) in [7, 11) is 1.76. The number of hydrogen-bond acceptors (Lipinski definition) is 3. The number of carbonyl (C=O) groups is 1. The minimum absolute atomic E-state index is 0. The highest BCUT2D eigenvalue weighted by Crippen LogP contribution is 2.29. The Morgan fingerprint density at radius 2 is 1.90 bits per heavy atom. The summed E-state index contributed by atoms with van der Waals surface area (Å²) in [6.45, 7) is 3.58. The first-order valence-electron chi connectivity index (χ1n) is 8.20. The van der Waals surface area contributed by atoms with Crippen molar-refractivity contribution < 1.29 is 9.53 Å². The lowest BCUT2D eigenvalue weighted by atomic mass is 9.79. The van der Waals surface area contributed by atoms with Crippen LogP contribution >= 0.6 is 12.4 Å². The van der Waals surface area contributed by atoms with Crippen LogP contribution in [0.3, 0.4) is 0 Å². The lowest BCUT2D eigenvalue weighted by molar-refractivity contribution is -0.123. The minimum atomic E-state index is 0. The van der Waals surface area contributed by atoms with E-state index in [4.69, 9.17) is 4.74 Å². The first kappa shape index (κ1) is 18.7. The Kier molecular flexibility index (Phi) is 8.60. The zero-order valence-electron chi connectivity index (χ0n) is 13.3. The van der Waals surface area contributed by atoms with Crippen LogP contribution in [0.5, 0.6) is 0 Å². The van der Waals surface area contributed by atoms with E-state index in [1.807, 2.05) is 0 Å². The highest BCUT2D eigenvalue weighted by atomic mass is 35.5. The van der Waals surface area contributed by atoms with Gasteiger partial charge in [0.1, 0.15) is 0 Å². The van der Waals surface area contributed by atoms with Crippen molar-refractivity contribution in [1.29, 1.82) is 0 Å². The Bertz CT molecular complexity index is 295. The second-order valence-corrected chi connectivity index (χ2v) is 6.67. The number of nitrogens with one attached hydrogen (secondary N) is 2. The van der Waals surface area contributed by atoms with Crippen LogP contribution in [0.15, 0.2) is 0 Å². The zero-order valence-corrected chi connectivity index (χ0v) is 14.1. The van der Waals surface area contributed by atoms with E-state index in [-0.39, 0.29) is 23.7 Å². The van der Waals surface area contributed by atoms with Gasteiger partial charge in [-0.1, -0.05) is 19.3 Å². The van der Waals surface area contributed by atoms with E-state index in [9.17, 15) is 4.79 Å². The van der Waals surface area contributed by atoms with Gasteiger partial charge in [-0.2, -0.15) is 0 Å². The van der Waals surface area contributed by atoms with Crippen molar-refractivity contribution in [1.82, 2.24) is 10.6 Å². The fourth-order valence-electron chi connectivity index (χ4n) is 3.65. The van der Waals surface area contributed by atoms with E-state index < -0.39 is 0 Å². The highest BCUT2D eigenvalue weighted by Gasteiger charge is 2.32. The van der Waals surface area contributed by atoms with Gasteiger partial charge in [0.15, 0.2) is 0 Å². The number of halogens is 1. The number of hydrogen-bond donors (Lipinski definition) is 2. The molecule has 0 aromatic rings. The minimum Gasteiger partial charge on any atom is -0.384 e. The summed E-state index contributed by atoms with van der Waals surface area (Å²) in [4.78, 5) is 12.1. The molecule has 2 rings (SSSR count). The molecule has 4 nitrogen and oxygen atoms in total. The van der Waals surface area contributed by atoms with Crippen LogP contribution in [0.2, 0.25) is 0 Å². The summed E-state index contributed by atoms with van der Waals surface area (Å²) in [5.41, 5.74) is 0.141. The Balaban J connectivity index is 0.00000220. The molecule has 0 radical (unpaired) electrons. The third kappa shape index (κ3) is 6.13. The van der Waals surface area contributed by atoms with E-state index in [0.29, 0.717) is 5.92 Å². The molecule has 2 fully saturated rings. The largest absolute Gasteiger partial charge is 0.384 e. The maximum atomic E-state index is 12.1. The van der Waals surface area contributed by atoms with Crippen LogP contribution in [0.4, 0.5) is 0 Å². The second-order valence-electron chi connectivity index (χ2n) is 6.67. The van der Waals surface area contributed by atoms with Gasteiger partial charge < -0.3 is 15.4 Å². The fraction of sp³-hybridized carbons (Fsp3) is 0.938. The molecule has 1 amide bonds. The molecule has 21 heavy (non-hydrogen) atoms. The normalized spacial score (nSPS) is 22.3. The van der Waals surface area contributed by atoms with Crippen LogP contribution in [0.25, 0.3) is 0 Å². The molecule has 1 saturated carbocycles. The molecule has 1 saturated heterocycles. The maximum Gasteiger partial charge on any atom is 0.220 e. The number of methoxy groups -OCH3 is 1. The quantitative estimate of drug-likeness (QED) is 0.791. The molecule has 0 unspecified atom stereocenters. The SMILES string of the molecule is COCC1(CNC(=O)CC2CCCCC2)CCNCC1.Cl. The number of amides is 1. The third-order valence-corrected chi connectivity index (χ3v) is 4.97. The number of carbonyl (C=O) groups excluding carboxylic acids is 1. The molecule has 2 N–H and O–H groups in total. The molecular formula is C16H31ClN2O2. The molecule has 0 atom stereocenters. The third-order valence-electron chi connectivity index (χ3n) is 4.97. The fourth-order valence-corrected chi connectivity index (χ4v) is 3.65. The molecule has 5 heteroatoms. The molecule has 0 aromatic heterocycles. The average Bonchev–Trinajstić information content (AvgIpc) is 2.48. The topological polar surface area (TPSA) is 50.4 Å². The summed E-state index contributed by atoms with van der Waals surface area (Å²) >= 11 is 0. The highest BCUT2D eigenvalue weighted by molar-refractivity contribution is 5.85. The van der Waals surface area contributed by atoms with E-state index in [0.717, 1.165) is 45.5 Å². The average molecular weight is 319 g/mol. The Morgan fingerprint density at radius 1 is 1.24 bits per heavy atom. The van der Waals surface area contributed by atoms with Gasteiger partial charge >= 0.3 is 0 Å².